The van der Waals surface area contributed by atoms with Crippen LogP contribution in [0.25, 0.3) is 22.4 Å². The van der Waals surface area contributed by atoms with Gasteiger partial charge in [0, 0.05) is 18.0 Å². The highest BCUT2D eigenvalue weighted by Gasteiger charge is 2.26. The first-order valence-electron chi connectivity index (χ1n) is 11.7. The van der Waals surface area contributed by atoms with E-state index >= 15 is 0 Å². The van der Waals surface area contributed by atoms with E-state index in [1.165, 1.54) is 0 Å². The number of imidazole rings is 1. The number of nitrogens with zero attached hydrogens (tertiary/aromatic N) is 3. The number of para-hydroxylation sites is 2. The summed E-state index contributed by atoms with van der Waals surface area (Å²) in [6.45, 7) is -0.372. The summed E-state index contributed by atoms with van der Waals surface area (Å²) >= 11 is 0. The maximum atomic E-state index is 13.4. The standard InChI is InChI=1S/C29H22N4O3/c34-27(33-25-9-3-1-6-19(25)11-12-20-7-2-4-10-26(20)33)18-36-29(35)21-13-14-23-24(16-21)32-28(31-23)22-8-5-15-30-17-22/h1-10,13-17H,11-12,18H2,(H,31,32). The van der Waals surface area contributed by atoms with Gasteiger partial charge in [-0.25, -0.2) is 9.78 Å². The molecule has 176 valence electrons. The second-order valence-electron chi connectivity index (χ2n) is 8.62. The molecule has 0 fully saturated rings. The Hall–Kier alpha value is -4.78. The Bertz CT molecular complexity index is 1550. The van der Waals surface area contributed by atoms with E-state index in [2.05, 4.69) is 15.0 Å². The summed E-state index contributed by atoms with van der Waals surface area (Å²) in [5, 5.41) is 0. The highest BCUT2D eigenvalue weighted by Crippen LogP contribution is 2.36. The van der Waals surface area contributed by atoms with Crippen molar-refractivity contribution in [3.8, 4) is 11.4 Å². The van der Waals surface area contributed by atoms with Gasteiger partial charge in [-0.2, -0.15) is 0 Å². The molecule has 0 aliphatic carbocycles. The fourth-order valence-corrected chi connectivity index (χ4v) is 4.60. The molecule has 1 amide bonds. The van der Waals surface area contributed by atoms with Crippen molar-refractivity contribution in [2.75, 3.05) is 11.5 Å². The van der Waals surface area contributed by atoms with Crippen molar-refractivity contribution in [1.82, 2.24) is 15.0 Å². The van der Waals surface area contributed by atoms with Crippen molar-refractivity contribution in [2.45, 2.75) is 12.8 Å². The average molecular weight is 475 g/mol. The number of hydrogen-bond acceptors (Lipinski definition) is 5. The topological polar surface area (TPSA) is 88.2 Å². The Morgan fingerprint density at radius 1 is 0.889 bits per heavy atom. The van der Waals surface area contributed by atoms with E-state index in [0.717, 1.165) is 46.4 Å². The summed E-state index contributed by atoms with van der Waals surface area (Å²) in [7, 11) is 0. The number of nitrogens with one attached hydrogen (secondary N) is 1. The Labute approximate surface area is 207 Å². The van der Waals surface area contributed by atoms with Crippen molar-refractivity contribution in [3.63, 3.8) is 0 Å². The Morgan fingerprint density at radius 3 is 2.31 bits per heavy atom. The van der Waals surface area contributed by atoms with Gasteiger partial charge in [0.15, 0.2) is 6.61 Å². The van der Waals surface area contributed by atoms with E-state index in [9.17, 15) is 9.59 Å². The highest BCUT2D eigenvalue weighted by molar-refractivity contribution is 6.04. The molecule has 3 heterocycles. The molecule has 1 aliphatic rings. The number of carbonyl (C=O) groups excluding carboxylic acids is 2. The van der Waals surface area contributed by atoms with E-state index in [1.807, 2.05) is 60.7 Å². The third-order valence-corrected chi connectivity index (χ3v) is 6.36. The number of ether oxygens (including phenoxy) is 1. The van der Waals surface area contributed by atoms with Crippen molar-refractivity contribution in [1.29, 1.82) is 0 Å². The quantitative estimate of drug-likeness (QED) is 0.360. The monoisotopic (exact) mass is 474 g/mol. The van der Waals surface area contributed by atoms with Gasteiger partial charge in [0.05, 0.1) is 28.0 Å². The van der Waals surface area contributed by atoms with Crippen LogP contribution in [0.15, 0.2) is 91.3 Å². The third kappa shape index (κ3) is 4.01. The molecule has 1 aliphatic heterocycles. The molecule has 3 aromatic carbocycles. The number of amides is 1. The van der Waals surface area contributed by atoms with Crippen LogP contribution in [0.5, 0.6) is 0 Å². The molecule has 0 saturated heterocycles. The van der Waals surface area contributed by atoms with E-state index in [4.69, 9.17) is 4.74 Å². The summed E-state index contributed by atoms with van der Waals surface area (Å²) in [5.41, 5.74) is 6.43. The number of aromatic nitrogens is 3. The van der Waals surface area contributed by atoms with E-state index in [0.29, 0.717) is 16.9 Å². The van der Waals surface area contributed by atoms with Crippen LogP contribution in [0.4, 0.5) is 11.4 Å². The molecule has 0 unspecified atom stereocenters. The van der Waals surface area contributed by atoms with Crippen molar-refractivity contribution >= 4 is 34.3 Å². The highest BCUT2D eigenvalue weighted by atomic mass is 16.5. The molecule has 6 rings (SSSR count). The summed E-state index contributed by atoms with van der Waals surface area (Å²) in [4.78, 5) is 39.9. The number of carbonyl (C=O) groups is 2. The van der Waals surface area contributed by atoms with Crippen LogP contribution in [0.3, 0.4) is 0 Å². The molecule has 36 heavy (non-hydrogen) atoms. The van der Waals surface area contributed by atoms with Crippen molar-refractivity contribution in [3.05, 3.63) is 108 Å². The minimum Gasteiger partial charge on any atom is -0.452 e. The number of aromatic amines is 1. The first-order chi connectivity index (χ1) is 17.7. The van der Waals surface area contributed by atoms with Crippen LogP contribution in [0.1, 0.15) is 21.5 Å². The van der Waals surface area contributed by atoms with Crippen LogP contribution >= 0.6 is 0 Å². The van der Waals surface area contributed by atoms with Crippen molar-refractivity contribution < 1.29 is 14.3 Å². The van der Waals surface area contributed by atoms with Gasteiger partial charge in [0.2, 0.25) is 0 Å². The lowest BCUT2D eigenvalue weighted by Gasteiger charge is -2.24. The molecule has 7 nitrogen and oxygen atoms in total. The van der Waals surface area contributed by atoms with E-state index in [-0.39, 0.29) is 12.5 Å². The molecular formula is C29H22N4O3. The summed E-state index contributed by atoms with van der Waals surface area (Å²) in [6.07, 6.45) is 5.09. The molecule has 0 radical (unpaired) electrons. The second kappa shape index (κ2) is 9.11. The number of hydrogen-bond donors (Lipinski definition) is 1. The zero-order valence-corrected chi connectivity index (χ0v) is 19.3. The average Bonchev–Trinajstić information content (AvgIpc) is 3.28. The Morgan fingerprint density at radius 2 is 1.61 bits per heavy atom. The van der Waals surface area contributed by atoms with Gasteiger partial charge in [-0.3, -0.25) is 14.7 Å². The molecule has 2 aromatic heterocycles. The van der Waals surface area contributed by atoms with Gasteiger partial charge < -0.3 is 9.72 Å². The zero-order valence-electron chi connectivity index (χ0n) is 19.3. The number of esters is 1. The maximum Gasteiger partial charge on any atom is 0.338 e. The maximum absolute atomic E-state index is 13.4. The summed E-state index contributed by atoms with van der Waals surface area (Å²) in [6, 6.07) is 24.6. The van der Waals surface area contributed by atoms with E-state index < -0.39 is 5.97 Å². The van der Waals surface area contributed by atoms with Gasteiger partial charge in [-0.05, 0) is 66.4 Å². The molecule has 0 saturated carbocycles. The minimum absolute atomic E-state index is 0.299. The van der Waals surface area contributed by atoms with Crippen LogP contribution in [0.2, 0.25) is 0 Å². The Balaban J connectivity index is 1.23. The number of fused-ring (bicyclic) bond motifs is 3. The smallest absolute Gasteiger partial charge is 0.338 e. The van der Waals surface area contributed by atoms with Gasteiger partial charge in [0.1, 0.15) is 5.82 Å². The normalized spacial score (nSPS) is 12.5. The minimum atomic E-state index is -0.570. The predicted octanol–water partition coefficient (Wildman–Crippen LogP) is 5.25. The molecule has 5 aromatic rings. The van der Waals surface area contributed by atoms with Gasteiger partial charge in [-0.15, -0.1) is 0 Å². The first kappa shape index (κ1) is 21.7. The number of rotatable bonds is 4. The van der Waals surface area contributed by atoms with Crippen LogP contribution in [-0.4, -0.2) is 33.4 Å². The van der Waals surface area contributed by atoms with Crippen LogP contribution < -0.4 is 4.90 Å². The number of aryl methyl sites for hydroxylation is 2. The van der Waals surface area contributed by atoms with E-state index in [1.54, 1.807) is 35.5 Å². The van der Waals surface area contributed by atoms with Crippen LogP contribution in [-0.2, 0) is 22.4 Å². The first-order valence-corrected chi connectivity index (χ1v) is 11.7. The fourth-order valence-electron chi connectivity index (χ4n) is 4.60. The number of benzene rings is 3. The second-order valence-corrected chi connectivity index (χ2v) is 8.62. The molecule has 7 heteroatoms. The number of pyridine rings is 1. The lowest BCUT2D eigenvalue weighted by Crippen LogP contribution is -2.31. The summed E-state index contributed by atoms with van der Waals surface area (Å²) < 4.78 is 5.48. The third-order valence-electron chi connectivity index (χ3n) is 6.36. The SMILES string of the molecule is O=C(OCC(=O)N1c2ccccc2CCc2ccccc21)c1ccc2nc(-c3cccnc3)[nH]c2c1. The van der Waals surface area contributed by atoms with Gasteiger partial charge >= 0.3 is 5.97 Å². The fraction of sp³-hybridized carbons (Fsp3) is 0.103. The van der Waals surface area contributed by atoms with Crippen LogP contribution in [0, 0.1) is 0 Å². The molecule has 0 atom stereocenters. The van der Waals surface area contributed by atoms with Gasteiger partial charge in [0.25, 0.3) is 5.91 Å². The number of anilines is 2. The zero-order chi connectivity index (χ0) is 24.5. The Kier molecular flexibility index (Phi) is 5.50. The largest absolute Gasteiger partial charge is 0.452 e. The predicted molar refractivity (Wildman–Crippen MR) is 137 cm³/mol. The molecular weight excluding hydrogens is 452 g/mol. The van der Waals surface area contributed by atoms with Crippen molar-refractivity contribution in [2.24, 2.45) is 0 Å². The summed E-state index contributed by atoms with van der Waals surface area (Å²) in [5.74, 6) is -0.205. The molecule has 0 bridgehead atoms. The molecule has 0 spiro atoms. The lowest BCUT2D eigenvalue weighted by molar-refractivity contribution is -0.120. The molecule has 1 N–H and O–H groups in total. The number of H-pyrrole nitrogens is 1. The van der Waals surface area contributed by atoms with Gasteiger partial charge in [-0.1, -0.05) is 36.4 Å². The lowest BCUT2D eigenvalue weighted by atomic mass is 10.0.